The normalized spacial score (nSPS) is 16.9. The summed E-state index contributed by atoms with van der Waals surface area (Å²) in [6, 6.07) is 1.53. The molecule has 0 atom stereocenters. The van der Waals surface area contributed by atoms with Crippen LogP contribution in [0.2, 0.25) is 0 Å². The zero-order valence-corrected chi connectivity index (χ0v) is 13.1. The van der Waals surface area contributed by atoms with Crippen molar-refractivity contribution in [2.24, 2.45) is 0 Å². The van der Waals surface area contributed by atoms with Gasteiger partial charge in [-0.3, -0.25) is 4.79 Å². The van der Waals surface area contributed by atoms with Gasteiger partial charge in [-0.1, -0.05) is 19.3 Å². The van der Waals surface area contributed by atoms with E-state index in [9.17, 15) is 14.3 Å². The average molecular weight is 312 g/mol. The first-order valence-electron chi connectivity index (χ1n) is 7.24. The van der Waals surface area contributed by atoms with Gasteiger partial charge in [-0.2, -0.15) is 4.39 Å². The van der Waals surface area contributed by atoms with Crippen molar-refractivity contribution in [2.75, 3.05) is 21.3 Å². The topological polar surface area (TPSA) is 65.0 Å². The van der Waals surface area contributed by atoms with Crippen molar-refractivity contribution in [1.82, 2.24) is 0 Å². The third kappa shape index (κ3) is 2.46. The van der Waals surface area contributed by atoms with Gasteiger partial charge >= 0.3 is 5.97 Å². The van der Waals surface area contributed by atoms with E-state index in [1.165, 1.54) is 27.4 Å². The maximum Gasteiger partial charge on any atom is 0.314 e. The molecular formula is C16H21FO5. The third-order valence-corrected chi connectivity index (χ3v) is 4.40. The Morgan fingerprint density at radius 1 is 1.09 bits per heavy atom. The van der Waals surface area contributed by atoms with E-state index in [1.54, 1.807) is 0 Å². The lowest BCUT2D eigenvalue weighted by Crippen LogP contribution is -2.38. The summed E-state index contributed by atoms with van der Waals surface area (Å²) in [6.07, 6.45) is 3.45. The molecule has 0 saturated heterocycles. The standard InChI is InChI=1S/C16H21FO5/c1-20-11-9-10(13(21-2)12(17)14(11)22-3)16(15(18)19)7-5-4-6-8-16/h9H,4-8H2,1-3H3,(H,18,19). The Morgan fingerprint density at radius 2 is 1.68 bits per heavy atom. The largest absolute Gasteiger partial charge is 0.493 e. The fourth-order valence-electron chi connectivity index (χ4n) is 3.24. The quantitative estimate of drug-likeness (QED) is 0.905. The zero-order valence-electron chi connectivity index (χ0n) is 13.1. The Hall–Kier alpha value is -1.98. The van der Waals surface area contributed by atoms with Crippen molar-refractivity contribution < 1.29 is 28.5 Å². The van der Waals surface area contributed by atoms with E-state index in [0.29, 0.717) is 18.4 Å². The molecule has 1 fully saturated rings. The van der Waals surface area contributed by atoms with E-state index >= 15 is 0 Å². The summed E-state index contributed by atoms with van der Waals surface area (Å²) < 4.78 is 30.0. The van der Waals surface area contributed by atoms with E-state index < -0.39 is 17.2 Å². The number of rotatable bonds is 5. The molecule has 0 heterocycles. The molecule has 1 N–H and O–H groups in total. The van der Waals surface area contributed by atoms with Crippen molar-refractivity contribution in [1.29, 1.82) is 0 Å². The van der Waals surface area contributed by atoms with Crippen molar-refractivity contribution >= 4 is 5.97 Å². The molecule has 0 amide bonds. The highest BCUT2D eigenvalue weighted by atomic mass is 19.1. The SMILES string of the molecule is COc1cc(C2(C(=O)O)CCCCC2)c(OC)c(F)c1OC. The Kier molecular flexibility index (Phi) is 4.78. The molecule has 1 aromatic carbocycles. The summed E-state index contributed by atoms with van der Waals surface area (Å²) in [4.78, 5) is 12.0. The Labute approximate surface area is 129 Å². The number of aliphatic carboxylic acids is 1. The van der Waals surface area contributed by atoms with Crippen LogP contribution in [0.5, 0.6) is 17.2 Å². The fraction of sp³-hybridized carbons (Fsp3) is 0.562. The molecule has 0 aromatic heterocycles. The lowest BCUT2D eigenvalue weighted by Gasteiger charge is -2.35. The first-order valence-corrected chi connectivity index (χ1v) is 7.24. The molecule has 0 unspecified atom stereocenters. The number of hydrogen-bond acceptors (Lipinski definition) is 4. The molecule has 0 aliphatic heterocycles. The maximum absolute atomic E-state index is 14.6. The summed E-state index contributed by atoms with van der Waals surface area (Å²) in [5.41, 5.74) is -0.832. The van der Waals surface area contributed by atoms with Crippen LogP contribution in [-0.2, 0) is 10.2 Å². The molecule has 0 bridgehead atoms. The number of carboxylic acid groups (broad SMARTS) is 1. The van der Waals surface area contributed by atoms with Crippen molar-refractivity contribution in [3.05, 3.63) is 17.4 Å². The first-order chi connectivity index (χ1) is 10.5. The van der Waals surface area contributed by atoms with E-state index in [1.807, 2.05) is 0 Å². The summed E-state index contributed by atoms with van der Waals surface area (Å²) in [5, 5.41) is 9.79. The van der Waals surface area contributed by atoms with Crippen LogP contribution in [0.25, 0.3) is 0 Å². The van der Waals surface area contributed by atoms with Gasteiger partial charge in [-0.15, -0.1) is 0 Å². The summed E-state index contributed by atoms with van der Waals surface area (Å²) in [6.45, 7) is 0. The number of halogens is 1. The minimum Gasteiger partial charge on any atom is -0.493 e. The number of carbonyl (C=O) groups is 1. The molecule has 1 aromatic rings. The number of carboxylic acids is 1. The van der Waals surface area contributed by atoms with E-state index in [-0.39, 0.29) is 17.2 Å². The molecule has 1 saturated carbocycles. The number of benzene rings is 1. The molecule has 122 valence electrons. The van der Waals surface area contributed by atoms with Gasteiger partial charge in [0.05, 0.1) is 26.7 Å². The van der Waals surface area contributed by atoms with E-state index in [0.717, 1.165) is 19.3 Å². The lowest BCUT2D eigenvalue weighted by atomic mass is 9.69. The van der Waals surface area contributed by atoms with Crippen LogP contribution in [0, 0.1) is 5.82 Å². The molecule has 1 aliphatic rings. The summed E-state index contributed by atoms with van der Waals surface area (Å²) in [5.74, 6) is -1.69. The monoisotopic (exact) mass is 312 g/mol. The van der Waals surface area contributed by atoms with Crippen LogP contribution in [-0.4, -0.2) is 32.4 Å². The molecule has 0 spiro atoms. The minimum atomic E-state index is -1.15. The maximum atomic E-state index is 14.6. The molecular weight excluding hydrogens is 291 g/mol. The third-order valence-electron chi connectivity index (χ3n) is 4.40. The van der Waals surface area contributed by atoms with Gasteiger partial charge in [0.15, 0.2) is 11.5 Å². The van der Waals surface area contributed by atoms with Gasteiger partial charge in [-0.05, 0) is 18.9 Å². The van der Waals surface area contributed by atoms with Crippen molar-refractivity contribution in [2.45, 2.75) is 37.5 Å². The van der Waals surface area contributed by atoms with Gasteiger partial charge < -0.3 is 19.3 Å². The van der Waals surface area contributed by atoms with Gasteiger partial charge in [0.2, 0.25) is 11.6 Å². The molecule has 1 aliphatic carbocycles. The number of methoxy groups -OCH3 is 3. The van der Waals surface area contributed by atoms with E-state index in [2.05, 4.69) is 0 Å². The van der Waals surface area contributed by atoms with Crippen LogP contribution in [0.4, 0.5) is 4.39 Å². The van der Waals surface area contributed by atoms with Gasteiger partial charge in [0.1, 0.15) is 0 Å². The minimum absolute atomic E-state index is 0.0815. The van der Waals surface area contributed by atoms with Gasteiger partial charge in [0, 0.05) is 5.56 Å². The molecule has 22 heavy (non-hydrogen) atoms. The molecule has 6 heteroatoms. The second-order valence-electron chi connectivity index (χ2n) is 5.45. The highest BCUT2D eigenvalue weighted by Crippen LogP contribution is 2.48. The van der Waals surface area contributed by atoms with Crippen LogP contribution in [0.3, 0.4) is 0 Å². The van der Waals surface area contributed by atoms with Crippen LogP contribution < -0.4 is 14.2 Å². The molecule has 0 radical (unpaired) electrons. The molecule has 2 rings (SSSR count). The van der Waals surface area contributed by atoms with Gasteiger partial charge in [-0.25, -0.2) is 0 Å². The predicted octanol–water partition coefficient (Wildman–Crippen LogP) is 3.14. The molecule has 5 nitrogen and oxygen atoms in total. The summed E-state index contributed by atoms with van der Waals surface area (Å²) in [7, 11) is 4.04. The van der Waals surface area contributed by atoms with Crippen molar-refractivity contribution in [3.63, 3.8) is 0 Å². The van der Waals surface area contributed by atoms with Gasteiger partial charge in [0.25, 0.3) is 0 Å². The predicted molar refractivity (Wildman–Crippen MR) is 78.5 cm³/mol. The van der Waals surface area contributed by atoms with Crippen LogP contribution in [0.1, 0.15) is 37.7 Å². The smallest absolute Gasteiger partial charge is 0.314 e. The van der Waals surface area contributed by atoms with Crippen LogP contribution >= 0.6 is 0 Å². The summed E-state index contributed by atoms with van der Waals surface area (Å²) >= 11 is 0. The van der Waals surface area contributed by atoms with Crippen molar-refractivity contribution in [3.8, 4) is 17.2 Å². The highest BCUT2D eigenvalue weighted by Gasteiger charge is 2.45. The Morgan fingerprint density at radius 3 is 2.14 bits per heavy atom. The first kappa shape index (κ1) is 16.4. The second-order valence-corrected chi connectivity index (χ2v) is 5.45. The Bertz CT molecular complexity index is 564. The number of hydrogen-bond donors (Lipinski definition) is 1. The Balaban J connectivity index is 2.71. The van der Waals surface area contributed by atoms with Crippen LogP contribution in [0.15, 0.2) is 6.07 Å². The fourth-order valence-corrected chi connectivity index (χ4v) is 3.24. The second kappa shape index (κ2) is 6.42. The lowest BCUT2D eigenvalue weighted by molar-refractivity contribution is -0.145. The number of ether oxygens (including phenoxy) is 3. The highest BCUT2D eigenvalue weighted by molar-refractivity contribution is 5.83. The van der Waals surface area contributed by atoms with E-state index in [4.69, 9.17) is 14.2 Å². The average Bonchev–Trinajstić information content (AvgIpc) is 2.54. The zero-order chi connectivity index (χ0) is 16.3.